The first-order chi connectivity index (χ1) is 8.96. The summed E-state index contributed by atoms with van der Waals surface area (Å²) < 4.78 is 5.49. The number of methoxy groups -OCH3 is 1. The van der Waals surface area contributed by atoms with Gasteiger partial charge in [-0.15, -0.1) is 0 Å². The van der Waals surface area contributed by atoms with Crippen LogP contribution in [0.25, 0.3) is 0 Å². The maximum atomic E-state index is 6.04. The minimum atomic E-state index is -0.0536. The quantitative estimate of drug-likeness (QED) is 0.777. The molecule has 0 fully saturated rings. The van der Waals surface area contributed by atoms with E-state index in [9.17, 15) is 0 Å². The van der Waals surface area contributed by atoms with Gasteiger partial charge in [0, 0.05) is 18.2 Å². The largest absolute Gasteiger partial charge is 0.379 e. The van der Waals surface area contributed by atoms with Gasteiger partial charge >= 0.3 is 0 Å². The summed E-state index contributed by atoms with van der Waals surface area (Å²) in [7, 11) is 1.78. The monoisotopic (exact) mass is 283 g/mol. The van der Waals surface area contributed by atoms with E-state index < -0.39 is 0 Å². The van der Waals surface area contributed by atoms with E-state index in [2.05, 4.69) is 32.2 Å². The topological polar surface area (TPSA) is 21.3 Å². The van der Waals surface area contributed by atoms with Crippen LogP contribution in [0.5, 0.6) is 0 Å². The van der Waals surface area contributed by atoms with E-state index in [4.69, 9.17) is 16.3 Å². The Morgan fingerprint density at radius 2 is 2.11 bits per heavy atom. The second-order valence-corrected chi connectivity index (χ2v) is 6.03. The van der Waals surface area contributed by atoms with Gasteiger partial charge in [0.25, 0.3) is 0 Å². The molecule has 1 aromatic carbocycles. The molecule has 0 saturated heterocycles. The number of likely N-dealkylation sites (N-methyl/N-ethyl adjacent to an activating group) is 1. The summed E-state index contributed by atoms with van der Waals surface area (Å²) >= 11 is 6.04. The molecule has 108 valence electrons. The molecule has 0 aliphatic rings. The minimum absolute atomic E-state index is 0.0536. The smallest absolute Gasteiger partial charge is 0.0623 e. The van der Waals surface area contributed by atoms with Crippen molar-refractivity contribution in [1.29, 1.82) is 0 Å². The van der Waals surface area contributed by atoms with Gasteiger partial charge in [0.2, 0.25) is 0 Å². The Bertz CT molecular complexity index is 379. The Labute approximate surface area is 122 Å². The molecule has 19 heavy (non-hydrogen) atoms. The lowest BCUT2D eigenvalue weighted by Crippen LogP contribution is -2.34. The molecular weight excluding hydrogens is 258 g/mol. The van der Waals surface area contributed by atoms with Gasteiger partial charge < -0.3 is 10.1 Å². The highest BCUT2D eigenvalue weighted by molar-refractivity contribution is 6.30. The van der Waals surface area contributed by atoms with Crippen molar-refractivity contribution in [3.05, 3.63) is 34.9 Å². The van der Waals surface area contributed by atoms with E-state index in [1.54, 1.807) is 7.11 Å². The zero-order valence-corrected chi connectivity index (χ0v) is 13.3. The van der Waals surface area contributed by atoms with Crippen molar-refractivity contribution in [2.75, 3.05) is 13.7 Å². The van der Waals surface area contributed by atoms with Gasteiger partial charge in [-0.25, -0.2) is 0 Å². The van der Waals surface area contributed by atoms with Crippen LogP contribution in [0.15, 0.2) is 24.3 Å². The van der Waals surface area contributed by atoms with E-state index in [0.29, 0.717) is 6.04 Å². The average Bonchev–Trinajstić information content (AvgIpc) is 2.36. The molecule has 0 amide bonds. The third-order valence-electron chi connectivity index (χ3n) is 3.51. The average molecular weight is 284 g/mol. The van der Waals surface area contributed by atoms with E-state index in [0.717, 1.165) is 30.8 Å². The summed E-state index contributed by atoms with van der Waals surface area (Å²) in [4.78, 5) is 0. The third-order valence-corrected chi connectivity index (χ3v) is 3.75. The standard InChI is InChI=1S/C16H26ClNO/c1-5-18-15(9-10-16(2,3)19-4)12-13-7-6-8-14(17)11-13/h6-8,11,15,18H,5,9-10,12H2,1-4H3. The number of halogens is 1. The van der Waals surface area contributed by atoms with Crippen molar-refractivity contribution in [3.63, 3.8) is 0 Å². The molecule has 1 N–H and O–H groups in total. The van der Waals surface area contributed by atoms with Crippen molar-refractivity contribution >= 4 is 11.6 Å². The molecule has 1 unspecified atom stereocenters. The highest BCUT2D eigenvalue weighted by atomic mass is 35.5. The van der Waals surface area contributed by atoms with Crippen LogP contribution in [0.2, 0.25) is 5.02 Å². The fraction of sp³-hybridized carbons (Fsp3) is 0.625. The van der Waals surface area contributed by atoms with Gasteiger partial charge in [-0.1, -0.05) is 30.7 Å². The van der Waals surface area contributed by atoms with Crippen molar-refractivity contribution in [2.45, 2.75) is 51.7 Å². The number of nitrogens with one attached hydrogen (secondary N) is 1. The van der Waals surface area contributed by atoms with Crippen LogP contribution >= 0.6 is 11.6 Å². The lowest BCUT2D eigenvalue weighted by Gasteiger charge is -2.26. The first-order valence-corrected chi connectivity index (χ1v) is 7.37. The van der Waals surface area contributed by atoms with Crippen LogP contribution in [0, 0.1) is 0 Å². The molecule has 1 rings (SSSR count). The number of hydrogen-bond donors (Lipinski definition) is 1. The lowest BCUT2D eigenvalue weighted by atomic mass is 9.95. The molecule has 1 atom stereocenters. The molecule has 0 aromatic heterocycles. The van der Waals surface area contributed by atoms with Crippen molar-refractivity contribution in [3.8, 4) is 0 Å². The van der Waals surface area contributed by atoms with Crippen molar-refractivity contribution in [2.24, 2.45) is 0 Å². The first kappa shape index (κ1) is 16.5. The number of hydrogen-bond acceptors (Lipinski definition) is 2. The minimum Gasteiger partial charge on any atom is -0.379 e. The van der Waals surface area contributed by atoms with Gasteiger partial charge in [0.1, 0.15) is 0 Å². The SMILES string of the molecule is CCNC(CCC(C)(C)OC)Cc1cccc(Cl)c1. The van der Waals surface area contributed by atoms with Gasteiger partial charge in [0.15, 0.2) is 0 Å². The molecular formula is C16H26ClNO. The third kappa shape index (κ3) is 6.42. The number of benzene rings is 1. The van der Waals surface area contributed by atoms with Crippen LogP contribution in [-0.4, -0.2) is 25.3 Å². The summed E-state index contributed by atoms with van der Waals surface area (Å²) in [5, 5.41) is 4.36. The Morgan fingerprint density at radius 3 is 2.68 bits per heavy atom. The predicted octanol–water partition coefficient (Wildman–Crippen LogP) is 4.07. The fourth-order valence-electron chi connectivity index (χ4n) is 2.14. The molecule has 1 aromatic rings. The van der Waals surface area contributed by atoms with Crippen molar-refractivity contribution in [1.82, 2.24) is 5.32 Å². The Kier molecular flexibility index (Phi) is 6.84. The number of rotatable bonds is 8. The van der Waals surface area contributed by atoms with Crippen molar-refractivity contribution < 1.29 is 4.74 Å². The Morgan fingerprint density at radius 1 is 1.37 bits per heavy atom. The lowest BCUT2D eigenvalue weighted by molar-refractivity contribution is 0.0117. The van der Waals surface area contributed by atoms with Gasteiger partial charge in [-0.05, 0) is 57.4 Å². The molecule has 0 spiro atoms. The van der Waals surface area contributed by atoms with Crippen LogP contribution < -0.4 is 5.32 Å². The second-order valence-electron chi connectivity index (χ2n) is 5.59. The van der Waals surface area contributed by atoms with E-state index in [1.165, 1.54) is 5.56 Å². The molecule has 0 radical (unpaired) electrons. The van der Waals surface area contributed by atoms with Crippen LogP contribution in [0.3, 0.4) is 0 Å². The Hall–Kier alpha value is -0.570. The zero-order chi connectivity index (χ0) is 14.3. The summed E-state index contributed by atoms with van der Waals surface area (Å²) in [6.07, 6.45) is 3.15. The first-order valence-electron chi connectivity index (χ1n) is 7.00. The highest BCUT2D eigenvalue weighted by Crippen LogP contribution is 2.19. The molecule has 0 aliphatic heterocycles. The summed E-state index contributed by atoms with van der Waals surface area (Å²) in [5.74, 6) is 0. The van der Waals surface area contributed by atoms with E-state index >= 15 is 0 Å². The van der Waals surface area contributed by atoms with Gasteiger partial charge in [0.05, 0.1) is 5.60 Å². The Balaban J connectivity index is 2.57. The van der Waals surface area contributed by atoms with Crippen LogP contribution in [-0.2, 0) is 11.2 Å². The molecule has 0 bridgehead atoms. The summed E-state index contributed by atoms with van der Waals surface area (Å²) in [6, 6.07) is 8.59. The zero-order valence-electron chi connectivity index (χ0n) is 12.5. The van der Waals surface area contributed by atoms with E-state index in [-0.39, 0.29) is 5.60 Å². The predicted molar refractivity (Wildman–Crippen MR) is 82.9 cm³/mol. The second kappa shape index (κ2) is 7.88. The molecule has 0 aliphatic carbocycles. The molecule has 0 heterocycles. The van der Waals surface area contributed by atoms with E-state index in [1.807, 2.05) is 18.2 Å². The highest BCUT2D eigenvalue weighted by Gasteiger charge is 2.19. The summed E-state index contributed by atoms with van der Waals surface area (Å²) in [5.41, 5.74) is 1.23. The van der Waals surface area contributed by atoms with Crippen LogP contribution in [0.1, 0.15) is 39.2 Å². The maximum absolute atomic E-state index is 6.04. The van der Waals surface area contributed by atoms with Crippen LogP contribution in [0.4, 0.5) is 0 Å². The molecule has 3 heteroatoms. The fourth-order valence-corrected chi connectivity index (χ4v) is 2.35. The molecule has 0 saturated carbocycles. The summed E-state index contributed by atoms with van der Waals surface area (Å²) in [6.45, 7) is 7.40. The van der Waals surface area contributed by atoms with Gasteiger partial charge in [-0.2, -0.15) is 0 Å². The number of ether oxygens (including phenoxy) is 1. The maximum Gasteiger partial charge on any atom is 0.0623 e. The molecule has 2 nitrogen and oxygen atoms in total. The normalized spacial score (nSPS) is 13.5. The van der Waals surface area contributed by atoms with Gasteiger partial charge in [-0.3, -0.25) is 0 Å².